The Hall–Kier alpha value is -7.58. The zero-order valence-corrected chi connectivity index (χ0v) is 32.4. The summed E-state index contributed by atoms with van der Waals surface area (Å²) in [7, 11) is 0. The second-order valence-corrected chi connectivity index (χ2v) is 15.6. The molecule has 2 heterocycles. The Kier molecular flexibility index (Phi) is 8.51. The maximum absolute atomic E-state index is 9.32. The van der Waals surface area contributed by atoms with Crippen LogP contribution in [0, 0.1) is 22.7 Å². The number of hydrogen-bond donors (Lipinski definition) is 3. The number of benzene rings is 8. The van der Waals surface area contributed by atoms with Gasteiger partial charge in [0.2, 0.25) is 0 Å². The minimum absolute atomic E-state index is 0.196. The van der Waals surface area contributed by atoms with Crippen LogP contribution in [0.1, 0.15) is 68.6 Å². The molecule has 0 saturated carbocycles. The van der Waals surface area contributed by atoms with Crippen LogP contribution in [0.25, 0.3) is 33.4 Å². The summed E-state index contributed by atoms with van der Waals surface area (Å²) in [6.07, 6.45) is -0.620. The molecule has 6 nitrogen and oxygen atoms in total. The van der Waals surface area contributed by atoms with Gasteiger partial charge in [0.1, 0.15) is 11.5 Å². The van der Waals surface area contributed by atoms with Crippen molar-refractivity contribution >= 4 is 0 Å². The van der Waals surface area contributed by atoms with Crippen LogP contribution in [0.5, 0.6) is 11.5 Å². The lowest BCUT2D eigenvalue weighted by Gasteiger charge is -2.41. The van der Waals surface area contributed by atoms with Gasteiger partial charge in [-0.15, -0.1) is 0 Å². The first-order valence-corrected chi connectivity index (χ1v) is 20.2. The molecule has 2 aliphatic heterocycles. The predicted molar refractivity (Wildman–Crippen MR) is 235 cm³/mol. The molecule has 6 heteroatoms. The standard InChI is InChI=1S/C54H37N5O/c55-32-34-13-17-36(18-14-34)38-21-25-40(26-22-38)51-57-52(41-27-23-39(24-28-41)37-19-15-35(33-56)16-20-37)59-53(58-51)42-29-30-44-43-7-1-2-8-45(43)54(48(44)31-42)46-9-3-5-11-49(46)60-50-12-6-4-10-47(50)54/h1-31,51-53,57-59H. The Labute approximate surface area is 349 Å². The second-order valence-electron chi connectivity index (χ2n) is 15.6. The smallest absolute Gasteiger partial charge is 0.132 e. The number of hydrogen-bond acceptors (Lipinski definition) is 6. The number of para-hydroxylation sites is 2. The zero-order chi connectivity index (χ0) is 40.2. The molecule has 3 N–H and O–H groups in total. The highest BCUT2D eigenvalue weighted by Gasteiger charge is 2.51. The van der Waals surface area contributed by atoms with E-state index >= 15 is 0 Å². The van der Waals surface area contributed by atoms with Crippen LogP contribution in [-0.2, 0) is 5.41 Å². The van der Waals surface area contributed by atoms with E-state index in [1.165, 1.54) is 22.3 Å². The van der Waals surface area contributed by atoms with Gasteiger partial charge in [-0.25, -0.2) is 0 Å². The molecule has 0 amide bonds. The van der Waals surface area contributed by atoms with Gasteiger partial charge in [-0.3, -0.25) is 16.0 Å². The highest BCUT2D eigenvalue weighted by Crippen LogP contribution is 2.62. The van der Waals surface area contributed by atoms with E-state index in [0.29, 0.717) is 11.1 Å². The molecule has 2 atom stereocenters. The van der Waals surface area contributed by atoms with Crippen LogP contribution in [0.2, 0.25) is 0 Å². The van der Waals surface area contributed by atoms with Crippen molar-refractivity contribution in [3.05, 3.63) is 238 Å². The van der Waals surface area contributed by atoms with Crippen molar-refractivity contribution in [3.63, 3.8) is 0 Å². The topological polar surface area (TPSA) is 92.9 Å². The number of ether oxygens (including phenoxy) is 1. The first-order valence-electron chi connectivity index (χ1n) is 20.2. The molecule has 0 radical (unpaired) electrons. The van der Waals surface area contributed by atoms with E-state index in [2.05, 4.69) is 168 Å². The van der Waals surface area contributed by atoms with Gasteiger partial charge in [0.15, 0.2) is 0 Å². The lowest BCUT2D eigenvalue weighted by atomic mass is 9.66. The van der Waals surface area contributed by atoms with Crippen LogP contribution < -0.4 is 20.7 Å². The fourth-order valence-corrected chi connectivity index (χ4v) is 9.48. The summed E-state index contributed by atoms with van der Waals surface area (Å²) in [4.78, 5) is 0. The number of nitrogens with zero attached hydrogens (tertiary/aromatic N) is 2. The van der Waals surface area contributed by atoms with Crippen molar-refractivity contribution in [2.24, 2.45) is 0 Å². The highest BCUT2D eigenvalue weighted by molar-refractivity contribution is 5.88. The summed E-state index contributed by atoms with van der Waals surface area (Å²) in [6.45, 7) is 0. The normalized spacial score (nSPS) is 17.9. The number of fused-ring (bicyclic) bond motifs is 9. The third-order valence-electron chi connectivity index (χ3n) is 12.4. The minimum atomic E-state index is -0.568. The Bertz CT molecular complexity index is 2860. The van der Waals surface area contributed by atoms with E-state index in [4.69, 9.17) is 4.74 Å². The molecule has 8 aromatic carbocycles. The molecule has 1 saturated heterocycles. The average Bonchev–Trinajstić information content (AvgIpc) is 3.61. The van der Waals surface area contributed by atoms with Gasteiger partial charge in [-0.05, 0) is 97.6 Å². The van der Waals surface area contributed by atoms with Crippen molar-refractivity contribution in [1.29, 1.82) is 10.5 Å². The summed E-state index contributed by atoms with van der Waals surface area (Å²) in [5.74, 6) is 1.74. The van der Waals surface area contributed by atoms with E-state index < -0.39 is 5.41 Å². The van der Waals surface area contributed by atoms with Gasteiger partial charge in [-0.1, -0.05) is 152 Å². The summed E-state index contributed by atoms with van der Waals surface area (Å²) in [6, 6.07) is 69.9. The summed E-state index contributed by atoms with van der Waals surface area (Å²) < 4.78 is 6.60. The second kappa shape index (κ2) is 14.4. The number of nitriles is 2. The number of nitrogens with one attached hydrogen (secondary N) is 3. The van der Waals surface area contributed by atoms with Gasteiger partial charge in [0.05, 0.1) is 47.2 Å². The highest BCUT2D eigenvalue weighted by atomic mass is 16.5. The van der Waals surface area contributed by atoms with E-state index in [-0.39, 0.29) is 18.5 Å². The third kappa shape index (κ3) is 5.74. The molecule has 8 aromatic rings. The van der Waals surface area contributed by atoms with Crippen molar-refractivity contribution in [1.82, 2.24) is 16.0 Å². The quantitative estimate of drug-likeness (QED) is 0.161. The lowest BCUT2D eigenvalue weighted by Crippen LogP contribution is -2.54. The summed E-state index contributed by atoms with van der Waals surface area (Å²) in [5, 5.41) is 30.4. The molecule has 284 valence electrons. The van der Waals surface area contributed by atoms with E-state index in [9.17, 15) is 10.5 Å². The third-order valence-corrected chi connectivity index (χ3v) is 12.4. The molecule has 11 rings (SSSR count). The predicted octanol–water partition coefficient (Wildman–Crippen LogP) is 11.4. The van der Waals surface area contributed by atoms with Gasteiger partial charge in [0, 0.05) is 11.1 Å². The summed E-state index contributed by atoms with van der Waals surface area (Å²) in [5.41, 5.74) is 15.6. The van der Waals surface area contributed by atoms with Crippen molar-refractivity contribution in [2.45, 2.75) is 23.9 Å². The maximum Gasteiger partial charge on any atom is 0.132 e. The van der Waals surface area contributed by atoms with Crippen molar-refractivity contribution < 1.29 is 4.74 Å². The SMILES string of the molecule is N#Cc1ccc(-c2ccc(C3NC(c4ccc(-c5ccc(C#N)cc5)cc4)NC(c4ccc5c(c4)C4(c6ccccc6Oc6ccccc64)c4ccccc4-5)N3)cc2)cc1. The van der Waals surface area contributed by atoms with Crippen LogP contribution >= 0.6 is 0 Å². The first kappa shape index (κ1) is 35.6. The average molecular weight is 772 g/mol. The maximum atomic E-state index is 9.32. The minimum Gasteiger partial charge on any atom is -0.457 e. The molecule has 1 fully saturated rings. The zero-order valence-electron chi connectivity index (χ0n) is 32.4. The van der Waals surface area contributed by atoms with Gasteiger partial charge in [-0.2, -0.15) is 10.5 Å². The lowest BCUT2D eigenvalue weighted by molar-refractivity contribution is 0.203. The van der Waals surface area contributed by atoms with Crippen LogP contribution in [0.3, 0.4) is 0 Å². The van der Waals surface area contributed by atoms with Crippen LogP contribution in [0.15, 0.2) is 188 Å². The molecule has 2 unspecified atom stereocenters. The Morgan fingerprint density at radius 2 is 0.767 bits per heavy atom. The van der Waals surface area contributed by atoms with E-state index in [1.807, 2.05) is 48.5 Å². The molecule has 60 heavy (non-hydrogen) atoms. The largest absolute Gasteiger partial charge is 0.457 e. The Morgan fingerprint density at radius 3 is 1.25 bits per heavy atom. The van der Waals surface area contributed by atoms with Crippen molar-refractivity contribution in [2.75, 3.05) is 0 Å². The fourth-order valence-electron chi connectivity index (χ4n) is 9.48. The van der Waals surface area contributed by atoms with Crippen LogP contribution in [0.4, 0.5) is 0 Å². The number of rotatable bonds is 5. The Morgan fingerprint density at radius 1 is 0.383 bits per heavy atom. The van der Waals surface area contributed by atoms with Crippen LogP contribution in [-0.4, -0.2) is 0 Å². The van der Waals surface area contributed by atoms with E-state index in [0.717, 1.165) is 61.6 Å². The molecule has 0 aromatic heterocycles. The van der Waals surface area contributed by atoms with Gasteiger partial charge in [0.25, 0.3) is 0 Å². The molecule has 0 bridgehead atoms. The monoisotopic (exact) mass is 771 g/mol. The first-order chi connectivity index (χ1) is 29.6. The molecular formula is C54H37N5O. The molecular weight excluding hydrogens is 735 g/mol. The molecule has 1 spiro atoms. The van der Waals surface area contributed by atoms with Gasteiger partial charge >= 0.3 is 0 Å². The van der Waals surface area contributed by atoms with Gasteiger partial charge < -0.3 is 4.74 Å². The Balaban J connectivity index is 1.01. The molecule has 1 aliphatic carbocycles. The van der Waals surface area contributed by atoms with Crippen molar-refractivity contribution in [3.8, 4) is 57.0 Å². The fraction of sp³-hybridized carbons (Fsp3) is 0.0741. The summed E-state index contributed by atoms with van der Waals surface area (Å²) >= 11 is 0. The van der Waals surface area contributed by atoms with E-state index in [1.54, 1.807) is 0 Å². The molecule has 3 aliphatic rings.